The number of carbonyl (C=O) groups excluding carboxylic acids is 1. The number of carboxylic acid groups (broad SMARTS) is 1. The molecule has 3 aromatic rings. The van der Waals surface area contributed by atoms with E-state index in [4.69, 9.17) is 9.90 Å². The number of carboxylic acids is 1. The summed E-state index contributed by atoms with van der Waals surface area (Å²) in [7, 11) is 0. The number of carbonyl (C=O) groups is 2. The van der Waals surface area contributed by atoms with Gasteiger partial charge < -0.3 is 5.11 Å². The van der Waals surface area contributed by atoms with Crippen molar-refractivity contribution >= 4 is 82.6 Å². The number of nitrogens with zero attached hydrogens (tertiary/aromatic N) is 2. The van der Waals surface area contributed by atoms with Crippen molar-refractivity contribution in [3.05, 3.63) is 70.6 Å². The molecule has 1 aliphatic heterocycles. The maximum atomic E-state index is 12.2. The Hall–Kier alpha value is -2.23. The number of hydrogen-bond acceptors (Lipinski definition) is 6. The van der Waals surface area contributed by atoms with Gasteiger partial charge in [0.1, 0.15) is 0 Å². The fourth-order valence-corrected chi connectivity index (χ4v) is 4.36. The van der Waals surface area contributed by atoms with E-state index in [1.165, 1.54) is 14.6 Å². The number of nitrogens with one attached hydrogen (secondary N) is 1. The average molecular weight is 446 g/mol. The number of hydrogen-bond donors (Lipinski definition) is 2. The number of aliphatic carboxylic acids is 1. The zero-order chi connectivity index (χ0) is 21.5. The first kappa shape index (κ1) is 22.5. The molecular formula is C21H16N3NaO3S2. The van der Waals surface area contributed by atoms with Gasteiger partial charge in [-0.3, -0.25) is 4.79 Å². The van der Waals surface area contributed by atoms with Crippen LogP contribution in [0.25, 0.3) is 16.6 Å². The standard InChI is InChI=1S/C19H12N3OS2.C2H4O2.Na/c23-17-16(25-19(22-17)21-14-9-5-2-6-10-14)11-15-12-24-18(20-15)13-7-3-1-4-8-13;1-2(3)4;/h1,3-12H,(H,21,22,23);1H3,(H,3,4);/b16-11+;;. The number of thioether (sulfide) groups is 1. The molecule has 146 valence electrons. The van der Waals surface area contributed by atoms with Crippen molar-refractivity contribution in [1.82, 2.24) is 4.98 Å². The second-order valence-corrected chi connectivity index (χ2v) is 9.33. The van der Waals surface area contributed by atoms with Crippen molar-refractivity contribution in [3.63, 3.8) is 0 Å². The van der Waals surface area contributed by atoms with Gasteiger partial charge >= 0.3 is 142 Å². The molecule has 4 rings (SSSR count). The Balaban J connectivity index is 0.000000589. The van der Waals surface area contributed by atoms with E-state index in [1.807, 2.05) is 47.8 Å². The van der Waals surface area contributed by atoms with Gasteiger partial charge in [0, 0.05) is 12.5 Å². The van der Waals surface area contributed by atoms with Crippen molar-refractivity contribution in [2.24, 2.45) is 4.99 Å². The van der Waals surface area contributed by atoms with Crippen LogP contribution in [0.1, 0.15) is 12.6 Å². The first-order chi connectivity index (χ1) is 14.4. The second kappa shape index (κ2) is 10.7. The number of thiazole rings is 1. The summed E-state index contributed by atoms with van der Waals surface area (Å²) in [6.07, 6.45) is 1.80. The summed E-state index contributed by atoms with van der Waals surface area (Å²) in [6.45, 7) is 1.08. The van der Waals surface area contributed by atoms with Gasteiger partial charge in [0.2, 0.25) is 0 Å². The van der Waals surface area contributed by atoms with E-state index in [0.717, 1.165) is 56.8 Å². The van der Waals surface area contributed by atoms with Crippen molar-refractivity contribution in [2.45, 2.75) is 6.92 Å². The monoisotopic (exact) mass is 445 g/mol. The summed E-state index contributed by atoms with van der Waals surface area (Å²) in [4.78, 5) is 30.5. The molecule has 9 heteroatoms. The first-order valence-electron chi connectivity index (χ1n) is 8.97. The number of aromatic nitrogens is 1. The summed E-state index contributed by atoms with van der Waals surface area (Å²) in [5.41, 5.74) is 2.79. The van der Waals surface area contributed by atoms with Crippen LogP contribution in [-0.2, 0) is 9.59 Å². The van der Waals surface area contributed by atoms with Gasteiger partial charge in [-0.05, 0) is 0 Å². The summed E-state index contributed by atoms with van der Waals surface area (Å²) < 4.78 is 1.32. The van der Waals surface area contributed by atoms with E-state index < -0.39 is 5.97 Å². The number of amidine groups is 1. The molecule has 30 heavy (non-hydrogen) atoms. The molecule has 0 spiro atoms. The molecule has 2 N–H and O–H groups in total. The predicted molar refractivity (Wildman–Crippen MR) is 124 cm³/mol. The van der Waals surface area contributed by atoms with Crippen LogP contribution in [0.15, 0.2) is 69.9 Å². The second-order valence-electron chi connectivity index (χ2n) is 6.29. The zero-order valence-electron chi connectivity index (χ0n) is 16.3. The van der Waals surface area contributed by atoms with Gasteiger partial charge in [-0.25, -0.2) is 0 Å². The molecule has 0 saturated carbocycles. The van der Waals surface area contributed by atoms with Crippen LogP contribution in [-0.4, -0.2) is 55.1 Å². The summed E-state index contributed by atoms with van der Waals surface area (Å²) >= 11 is 3.93. The van der Waals surface area contributed by atoms with Crippen molar-refractivity contribution in [1.29, 1.82) is 0 Å². The van der Waals surface area contributed by atoms with Crippen molar-refractivity contribution < 1.29 is 14.7 Å². The molecular weight excluding hydrogens is 429 g/mol. The minimum atomic E-state index is -0.833. The molecule has 2 heterocycles. The predicted octanol–water partition coefficient (Wildman–Crippen LogP) is 3.78. The van der Waals surface area contributed by atoms with Crippen LogP contribution >= 0.6 is 23.1 Å². The first-order valence-corrected chi connectivity index (χ1v) is 11.7. The molecule has 0 saturated heterocycles. The Bertz CT molecular complexity index is 1110. The Labute approximate surface area is 199 Å². The van der Waals surface area contributed by atoms with Crippen LogP contribution in [0.2, 0.25) is 0 Å². The van der Waals surface area contributed by atoms with E-state index in [9.17, 15) is 4.79 Å². The van der Waals surface area contributed by atoms with Gasteiger partial charge in [-0.1, -0.05) is 30.3 Å². The third kappa shape index (κ3) is 6.65. The molecule has 0 fully saturated rings. The van der Waals surface area contributed by atoms with Gasteiger partial charge in [-0.15, -0.1) is 0 Å². The summed E-state index contributed by atoms with van der Waals surface area (Å²) in [5, 5.41) is 14.1. The molecule has 0 aliphatic carbocycles. The SMILES string of the molecule is CC(=O)O.O=C1N=C(Nc2cc[c]([Na])cc2)S/C1=C/c1csc(-c2ccccc2)n1. The topological polar surface area (TPSA) is 91.6 Å². The van der Waals surface area contributed by atoms with Crippen LogP contribution in [0.4, 0.5) is 5.69 Å². The Morgan fingerprint density at radius 1 is 1.13 bits per heavy atom. The van der Waals surface area contributed by atoms with E-state index in [-0.39, 0.29) is 5.91 Å². The quantitative estimate of drug-likeness (QED) is 0.471. The third-order valence-electron chi connectivity index (χ3n) is 3.75. The van der Waals surface area contributed by atoms with E-state index in [1.54, 1.807) is 17.4 Å². The zero-order valence-corrected chi connectivity index (χ0v) is 20.0. The summed E-state index contributed by atoms with van der Waals surface area (Å²) in [5.74, 6) is -1.06. The van der Waals surface area contributed by atoms with Crippen LogP contribution < -0.4 is 8.13 Å². The normalized spacial score (nSPS) is 14.2. The van der Waals surface area contributed by atoms with Crippen LogP contribution in [0.5, 0.6) is 0 Å². The fourth-order valence-electron chi connectivity index (χ4n) is 2.42. The van der Waals surface area contributed by atoms with Crippen molar-refractivity contribution in [2.75, 3.05) is 5.32 Å². The molecule has 6 nitrogen and oxygen atoms in total. The average Bonchev–Trinajstić information content (AvgIpc) is 3.31. The molecule has 0 atom stereocenters. The Morgan fingerprint density at radius 2 is 1.80 bits per heavy atom. The molecule has 0 radical (unpaired) electrons. The van der Waals surface area contributed by atoms with Crippen molar-refractivity contribution in [3.8, 4) is 10.6 Å². The minimum absolute atomic E-state index is 0.230. The fraction of sp³-hybridized carbons (Fsp3) is 0.0476. The van der Waals surface area contributed by atoms with Crippen LogP contribution in [0.3, 0.4) is 0 Å². The number of rotatable bonds is 3. The molecule has 1 aliphatic rings. The molecule has 0 unspecified atom stereocenters. The molecule has 1 amide bonds. The van der Waals surface area contributed by atoms with E-state index >= 15 is 0 Å². The van der Waals surface area contributed by atoms with Crippen LogP contribution in [0, 0.1) is 0 Å². The summed E-state index contributed by atoms with van der Waals surface area (Å²) in [6, 6.07) is 18.2. The number of anilines is 1. The van der Waals surface area contributed by atoms with E-state index in [2.05, 4.69) is 27.4 Å². The van der Waals surface area contributed by atoms with Gasteiger partial charge in [-0.2, -0.15) is 0 Å². The molecule has 1 aromatic heterocycles. The number of aliphatic imine (C=N–C) groups is 1. The number of benzene rings is 2. The van der Waals surface area contributed by atoms with Gasteiger partial charge in [0.05, 0.1) is 0 Å². The van der Waals surface area contributed by atoms with Gasteiger partial charge in [0.25, 0.3) is 5.97 Å². The number of amides is 1. The molecule has 0 bridgehead atoms. The Morgan fingerprint density at radius 3 is 2.47 bits per heavy atom. The molecule has 2 aromatic carbocycles. The maximum absolute atomic E-state index is 12.2. The van der Waals surface area contributed by atoms with Gasteiger partial charge in [0.15, 0.2) is 0 Å². The third-order valence-corrected chi connectivity index (χ3v) is 6.22. The van der Waals surface area contributed by atoms with E-state index in [0.29, 0.717) is 10.1 Å². The Kier molecular flexibility index (Phi) is 8.01.